The van der Waals surface area contributed by atoms with Crippen LogP contribution in [0.25, 0.3) is 0 Å². The van der Waals surface area contributed by atoms with Gasteiger partial charge in [0.1, 0.15) is 6.54 Å². The third-order valence-corrected chi connectivity index (χ3v) is 7.57. The Morgan fingerprint density at radius 1 is 1.03 bits per heavy atom. The highest BCUT2D eigenvalue weighted by atomic mass is 35.5. The number of hydrogen-bond acceptors (Lipinski definition) is 3. The topological polar surface area (TPSA) is 57.7 Å². The number of para-hydroxylation sites is 2. The second-order valence-corrected chi connectivity index (χ2v) is 10.00. The molecule has 1 unspecified atom stereocenters. The maximum Gasteiger partial charge on any atom is 0.264 e. The van der Waals surface area contributed by atoms with E-state index in [1.54, 1.807) is 17.0 Å². The first kappa shape index (κ1) is 21.4. The number of amides is 1. The van der Waals surface area contributed by atoms with Crippen molar-refractivity contribution >= 4 is 38.9 Å². The van der Waals surface area contributed by atoms with E-state index in [9.17, 15) is 13.2 Å². The molecular weight excluding hydrogens is 432 g/mol. The van der Waals surface area contributed by atoms with Gasteiger partial charge < -0.3 is 4.90 Å². The highest BCUT2D eigenvalue weighted by Crippen LogP contribution is 2.33. The molecule has 0 radical (unpaired) electrons. The van der Waals surface area contributed by atoms with Crippen LogP contribution >= 0.6 is 11.6 Å². The molecule has 0 saturated heterocycles. The minimum Gasteiger partial charge on any atom is -0.307 e. The van der Waals surface area contributed by atoms with Crippen LogP contribution in [0.1, 0.15) is 18.1 Å². The molecule has 0 spiro atoms. The second-order valence-electron chi connectivity index (χ2n) is 7.70. The zero-order valence-electron chi connectivity index (χ0n) is 17.3. The lowest BCUT2D eigenvalue weighted by Gasteiger charge is -2.29. The molecule has 1 amide bonds. The van der Waals surface area contributed by atoms with Gasteiger partial charge in [-0.2, -0.15) is 0 Å². The molecule has 1 atom stereocenters. The summed E-state index contributed by atoms with van der Waals surface area (Å²) in [6.45, 7) is 3.51. The van der Waals surface area contributed by atoms with Gasteiger partial charge in [-0.25, -0.2) is 8.42 Å². The number of anilines is 2. The smallest absolute Gasteiger partial charge is 0.264 e. The Hall–Kier alpha value is -2.83. The third kappa shape index (κ3) is 4.05. The van der Waals surface area contributed by atoms with Crippen LogP contribution in [-0.4, -0.2) is 26.9 Å². The van der Waals surface area contributed by atoms with Crippen molar-refractivity contribution in [3.8, 4) is 0 Å². The molecule has 3 aromatic carbocycles. The van der Waals surface area contributed by atoms with Crippen LogP contribution in [0.3, 0.4) is 0 Å². The zero-order chi connectivity index (χ0) is 22.2. The van der Waals surface area contributed by atoms with E-state index >= 15 is 0 Å². The van der Waals surface area contributed by atoms with Crippen LogP contribution in [0.5, 0.6) is 0 Å². The quantitative estimate of drug-likeness (QED) is 0.555. The standard InChI is InChI=1S/C24H23ClN2O3S/c1-17-7-3-5-9-22(17)26(31(29,30)21-13-11-20(25)12-14-21)16-24(28)27-18(2)15-19-8-4-6-10-23(19)27/h3-14,18H,15-16H2,1-2H3. The Kier molecular flexibility index (Phi) is 5.77. The molecule has 1 heterocycles. The number of fused-ring (bicyclic) bond motifs is 1. The SMILES string of the molecule is Cc1ccccc1N(CC(=O)N1c2ccccc2CC1C)S(=O)(=O)c1ccc(Cl)cc1. The molecule has 160 valence electrons. The number of sulfonamides is 1. The summed E-state index contributed by atoms with van der Waals surface area (Å²) in [7, 11) is -3.99. The third-order valence-electron chi connectivity index (χ3n) is 5.54. The predicted molar refractivity (Wildman–Crippen MR) is 124 cm³/mol. The van der Waals surface area contributed by atoms with Gasteiger partial charge in [0.25, 0.3) is 10.0 Å². The normalized spacial score (nSPS) is 15.6. The molecule has 0 fully saturated rings. The lowest BCUT2D eigenvalue weighted by Crippen LogP contribution is -2.45. The Morgan fingerprint density at radius 3 is 2.39 bits per heavy atom. The van der Waals surface area contributed by atoms with Crippen molar-refractivity contribution in [1.82, 2.24) is 0 Å². The van der Waals surface area contributed by atoms with Gasteiger partial charge in [0.15, 0.2) is 0 Å². The van der Waals surface area contributed by atoms with Crippen molar-refractivity contribution in [2.45, 2.75) is 31.2 Å². The highest BCUT2D eigenvalue weighted by molar-refractivity contribution is 7.92. The van der Waals surface area contributed by atoms with Crippen molar-refractivity contribution in [2.24, 2.45) is 0 Å². The molecule has 1 aliphatic heterocycles. The van der Waals surface area contributed by atoms with Crippen molar-refractivity contribution in [3.63, 3.8) is 0 Å². The van der Waals surface area contributed by atoms with E-state index in [1.165, 1.54) is 28.6 Å². The number of rotatable bonds is 5. The van der Waals surface area contributed by atoms with Gasteiger partial charge >= 0.3 is 0 Å². The first-order valence-corrected chi connectivity index (χ1v) is 11.8. The molecule has 4 rings (SSSR count). The fourth-order valence-corrected chi connectivity index (χ4v) is 5.63. The Bertz CT molecular complexity index is 1230. The summed E-state index contributed by atoms with van der Waals surface area (Å²) >= 11 is 5.95. The van der Waals surface area contributed by atoms with Gasteiger partial charge in [-0.1, -0.05) is 48.0 Å². The molecule has 0 aromatic heterocycles. The van der Waals surface area contributed by atoms with E-state index < -0.39 is 10.0 Å². The Morgan fingerprint density at radius 2 is 1.68 bits per heavy atom. The fraction of sp³-hybridized carbons (Fsp3) is 0.208. The molecule has 7 heteroatoms. The van der Waals surface area contributed by atoms with Crippen molar-refractivity contribution in [1.29, 1.82) is 0 Å². The number of halogens is 1. The summed E-state index contributed by atoms with van der Waals surface area (Å²) in [4.78, 5) is 15.2. The maximum absolute atomic E-state index is 13.6. The summed E-state index contributed by atoms with van der Waals surface area (Å²) in [6, 6.07) is 20.9. The first-order chi connectivity index (χ1) is 14.8. The number of aryl methyl sites for hydroxylation is 1. The monoisotopic (exact) mass is 454 g/mol. The molecule has 0 aliphatic carbocycles. The summed E-state index contributed by atoms with van der Waals surface area (Å²) in [5.74, 6) is -0.266. The first-order valence-electron chi connectivity index (χ1n) is 10.0. The number of hydrogen-bond donors (Lipinski definition) is 0. The Balaban J connectivity index is 1.75. The lowest BCUT2D eigenvalue weighted by atomic mass is 10.1. The van der Waals surface area contributed by atoms with Crippen LogP contribution in [0.2, 0.25) is 5.02 Å². The number of nitrogens with zero attached hydrogens (tertiary/aromatic N) is 2. The van der Waals surface area contributed by atoms with E-state index in [-0.39, 0.29) is 23.4 Å². The van der Waals surface area contributed by atoms with Gasteiger partial charge in [0.05, 0.1) is 10.6 Å². The van der Waals surface area contributed by atoms with E-state index in [0.29, 0.717) is 10.7 Å². The van der Waals surface area contributed by atoms with Crippen LogP contribution in [0.4, 0.5) is 11.4 Å². The average Bonchev–Trinajstić information content (AvgIpc) is 3.08. The van der Waals surface area contributed by atoms with Gasteiger partial charge in [-0.15, -0.1) is 0 Å². The minimum absolute atomic E-state index is 0.0399. The summed E-state index contributed by atoms with van der Waals surface area (Å²) in [5, 5.41) is 0.444. The van der Waals surface area contributed by atoms with E-state index in [1.807, 2.05) is 50.2 Å². The van der Waals surface area contributed by atoms with Gasteiger partial charge in [-0.05, 0) is 67.8 Å². The number of benzene rings is 3. The van der Waals surface area contributed by atoms with E-state index in [4.69, 9.17) is 11.6 Å². The second kappa shape index (κ2) is 8.36. The molecule has 31 heavy (non-hydrogen) atoms. The van der Waals surface area contributed by atoms with Gasteiger partial charge in [0.2, 0.25) is 5.91 Å². The summed E-state index contributed by atoms with van der Waals surface area (Å²) in [6.07, 6.45) is 0.746. The summed E-state index contributed by atoms with van der Waals surface area (Å²) in [5.41, 5.74) is 3.17. The molecule has 0 bridgehead atoms. The van der Waals surface area contributed by atoms with Crippen LogP contribution < -0.4 is 9.21 Å². The average molecular weight is 455 g/mol. The van der Waals surface area contributed by atoms with Gasteiger partial charge in [0, 0.05) is 16.8 Å². The zero-order valence-corrected chi connectivity index (χ0v) is 18.9. The number of carbonyl (C=O) groups is 1. The van der Waals surface area contributed by atoms with Crippen LogP contribution in [-0.2, 0) is 21.2 Å². The fourth-order valence-electron chi connectivity index (χ4n) is 4.02. The largest absolute Gasteiger partial charge is 0.307 e. The molecule has 5 nitrogen and oxygen atoms in total. The Labute approximate surface area is 187 Å². The molecule has 0 N–H and O–H groups in total. The van der Waals surface area contributed by atoms with Crippen LogP contribution in [0.15, 0.2) is 77.7 Å². The number of carbonyl (C=O) groups excluding carboxylic acids is 1. The lowest BCUT2D eigenvalue weighted by molar-refractivity contribution is -0.117. The molecule has 0 saturated carbocycles. The maximum atomic E-state index is 13.6. The van der Waals surface area contributed by atoms with E-state index in [2.05, 4.69) is 0 Å². The summed E-state index contributed by atoms with van der Waals surface area (Å²) < 4.78 is 28.4. The van der Waals surface area contributed by atoms with Crippen molar-refractivity contribution in [3.05, 3.63) is 88.9 Å². The van der Waals surface area contributed by atoms with E-state index in [0.717, 1.165) is 23.2 Å². The van der Waals surface area contributed by atoms with Crippen molar-refractivity contribution < 1.29 is 13.2 Å². The predicted octanol–water partition coefficient (Wildman–Crippen LogP) is 4.82. The molecular formula is C24H23ClN2O3S. The van der Waals surface area contributed by atoms with Gasteiger partial charge in [-0.3, -0.25) is 9.10 Å². The molecule has 1 aliphatic rings. The minimum atomic E-state index is -3.99. The molecule has 3 aromatic rings. The van der Waals surface area contributed by atoms with Crippen molar-refractivity contribution in [2.75, 3.05) is 15.7 Å². The highest BCUT2D eigenvalue weighted by Gasteiger charge is 2.35. The van der Waals surface area contributed by atoms with Crippen LogP contribution in [0, 0.1) is 6.92 Å².